The van der Waals surface area contributed by atoms with E-state index in [-0.39, 0.29) is 24.3 Å². The van der Waals surface area contributed by atoms with Crippen LogP contribution in [-0.2, 0) is 9.47 Å². The SMILES string of the molecule is O=C(OCCOC(=O)c1cc(O)c(O)c(O)c1)c1cc(O)c(O)c(O)c1. The Morgan fingerprint density at radius 1 is 0.615 bits per heavy atom. The van der Waals surface area contributed by atoms with E-state index >= 15 is 0 Å². The summed E-state index contributed by atoms with van der Waals surface area (Å²) in [5, 5.41) is 55.7. The Morgan fingerprint density at radius 2 is 0.885 bits per heavy atom. The molecule has 0 bridgehead atoms. The van der Waals surface area contributed by atoms with E-state index < -0.39 is 46.4 Å². The molecular formula is C16H14O10. The lowest BCUT2D eigenvalue weighted by Crippen LogP contribution is -2.14. The van der Waals surface area contributed by atoms with Gasteiger partial charge in [0.25, 0.3) is 0 Å². The third kappa shape index (κ3) is 3.98. The van der Waals surface area contributed by atoms with E-state index in [4.69, 9.17) is 9.47 Å². The predicted octanol–water partition coefficient (Wildman–Crippen LogP) is 0.934. The molecule has 2 aromatic carbocycles. The van der Waals surface area contributed by atoms with E-state index in [1.165, 1.54) is 0 Å². The summed E-state index contributed by atoms with van der Waals surface area (Å²) >= 11 is 0. The molecule has 0 aromatic heterocycles. The van der Waals surface area contributed by atoms with Crippen LogP contribution in [0.25, 0.3) is 0 Å². The molecule has 0 saturated carbocycles. The molecule has 0 spiro atoms. The van der Waals surface area contributed by atoms with Gasteiger partial charge in [-0.25, -0.2) is 9.59 Å². The molecule has 2 aromatic rings. The normalized spacial score (nSPS) is 10.3. The minimum Gasteiger partial charge on any atom is -0.504 e. The minimum absolute atomic E-state index is 0.238. The number of rotatable bonds is 5. The zero-order valence-electron chi connectivity index (χ0n) is 13.0. The average molecular weight is 366 g/mol. The maximum absolute atomic E-state index is 11.7. The van der Waals surface area contributed by atoms with Crippen LogP contribution in [0, 0.1) is 0 Å². The fourth-order valence-electron chi connectivity index (χ4n) is 1.88. The number of ether oxygens (including phenoxy) is 2. The Kier molecular flexibility index (Phi) is 5.26. The van der Waals surface area contributed by atoms with E-state index in [0.717, 1.165) is 24.3 Å². The van der Waals surface area contributed by atoms with E-state index in [2.05, 4.69) is 0 Å². The monoisotopic (exact) mass is 366 g/mol. The molecule has 2 rings (SSSR count). The Hall–Kier alpha value is -3.82. The van der Waals surface area contributed by atoms with Crippen molar-refractivity contribution in [2.75, 3.05) is 13.2 Å². The number of hydrogen-bond donors (Lipinski definition) is 6. The average Bonchev–Trinajstić information content (AvgIpc) is 2.59. The first-order valence-electron chi connectivity index (χ1n) is 7.04. The Balaban J connectivity index is 1.88. The largest absolute Gasteiger partial charge is 0.504 e. The summed E-state index contributed by atoms with van der Waals surface area (Å²) in [5.74, 6) is -6.32. The van der Waals surface area contributed by atoms with Gasteiger partial charge in [0.15, 0.2) is 34.5 Å². The van der Waals surface area contributed by atoms with Crippen LogP contribution in [0.3, 0.4) is 0 Å². The molecule has 0 atom stereocenters. The standard InChI is InChI=1S/C16H14O10/c17-9-3-7(4-10(18)13(9)21)15(23)25-1-2-26-16(24)8-5-11(19)14(22)12(20)6-8/h3-6,17-22H,1-2H2. The smallest absolute Gasteiger partial charge is 0.338 e. The van der Waals surface area contributed by atoms with Crippen LogP contribution < -0.4 is 0 Å². The van der Waals surface area contributed by atoms with E-state index in [9.17, 15) is 40.2 Å². The molecule has 0 aliphatic carbocycles. The van der Waals surface area contributed by atoms with Crippen LogP contribution in [0.4, 0.5) is 0 Å². The van der Waals surface area contributed by atoms with E-state index in [0.29, 0.717) is 0 Å². The topological polar surface area (TPSA) is 174 Å². The summed E-state index contributed by atoms with van der Waals surface area (Å²) in [5.41, 5.74) is -0.477. The zero-order valence-corrected chi connectivity index (χ0v) is 13.0. The van der Waals surface area contributed by atoms with Crippen LogP contribution in [-0.4, -0.2) is 55.8 Å². The highest BCUT2D eigenvalue weighted by atomic mass is 16.6. The summed E-state index contributed by atoms with van der Waals surface area (Å²) < 4.78 is 9.54. The molecule has 0 aliphatic heterocycles. The third-order valence-electron chi connectivity index (χ3n) is 3.16. The maximum atomic E-state index is 11.7. The van der Waals surface area contributed by atoms with Gasteiger partial charge in [-0.3, -0.25) is 0 Å². The van der Waals surface area contributed by atoms with Gasteiger partial charge < -0.3 is 40.1 Å². The number of carbonyl (C=O) groups is 2. The molecule has 10 heteroatoms. The number of aromatic hydroxyl groups is 6. The molecule has 138 valence electrons. The molecule has 0 radical (unpaired) electrons. The van der Waals surface area contributed by atoms with Crippen LogP contribution in [0.1, 0.15) is 20.7 Å². The van der Waals surface area contributed by atoms with Gasteiger partial charge in [-0.05, 0) is 24.3 Å². The van der Waals surface area contributed by atoms with Crippen LogP contribution >= 0.6 is 0 Å². The molecule has 0 saturated heterocycles. The number of esters is 2. The highest BCUT2D eigenvalue weighted by molar-refractivity contribution is 5.92. The van der Waals surface area contributed by atoms with Crippen molar-refractivity contribution in [3.8, 4) is 34.5 Å². The molecule has 26 heavy (non-hydrogen) atoms. The summed E-state index contributed by atoms with van der Waals surface area (Å²) in [6.45, 7) is -0.744. The lowest BCUT2D eigenvalue weighted by Gasteiger charge is -2.09. The fraction of sp³-hybridized carbons (Fsp3) is 0.125. The molecule has 0 unspecified atom stereocenters. The lowest BCUT2D eigenvalue weighted by molar-refractivity contribution is 0.0265. The zero-order chi connectivity index (χ0) is 19.4. The van der Waals surface area contributed by atoms with Gasteiger partial charge in [0, 0.05) is 0 Å². The Labute approximate surface area is 145 Å². The lowest BCUT2D eigenvalue weighted by atomic mass is 10.2. The number of hydrogen-bond acceptors (Lipinski definition) is 10. The first-order valence-corrected chi connectivity index (χ1v) is 7.04. The van der Waals surface area contributed by atoms with Crippen molar-refractivity contribution in [2.45, 2.75) is 0 Å². The first kappa shape index (κ1) is 18.5. The summed E-state index contributed by atoms with van der Waals surface area (Å²) in [7, 11) is 0. The Morgan fingerprint density at radius 3 is 1.15 bits per heavy atom. The second-order valence-electron chi connectivity index (χ2n) is 5.00. The summed E-state index contributed by atoms with van der Waals surface area (Å²) in [6.07, 6.45) is 0. The van der Waals surface area contributed by atoms with Gasteiger partial charge >= 0.3 is 11.9 Å². The van der Waals surface area contributed by atoms with Gasteiger partial charge in [0.05, 0.1) is 11.1 Å². The third-order valence-corrected chi connectivity index (χ3v) is 3.16. The Bertz CT molecular complexity index is 741. The fourth-order valence-corrected chi connectivity index (χ4v) is 1.88. The maximum Gasteiger partial charge on any atom is 0.338 e. The highest BCUT2D eigenvalue weighted by Crippen LogP contribution is 2.36. The van der Waals surface area contributed by atoms with E-state index in [1.54, 1.807) is 0 Å². The molecule has 6 N–H and O–H groups in total. The van der Waals surface area contributed by atoms with E-state index in [1.807, 2.05) is 0 Å². The molecule has 0 aliphatic rings. The number of carbonyl (C=O) groups excluding carboxylic acids is 2. The van der Waals surface area contributed by atoms with Crippen LogP contribution in [0.5, 0.6) is 34.5 Å². The summed E-state index contributed by atoms with van der Waals surface area (Å²) in [4.78, 5) is 23.5. The van der Waals surface area contributed by atoms with Gasteiger partial charge in [-0.15, -0.1) is 0 Å². The quantitative estimate of drug-likeness (QED) is 0.254. The minimum atomic E-state index is -0.952. The number of phenols is 6. The molecule has 0 heterocycles. The van der Waals surface area contributed by atoms with Gasteiger partial charge in [-0.2, -0.15) is 0 Å². The first-order chi connectivity index (χ1) is 12.2. The van der Waals surface area contributed by atoms with Crippen molar-refractivity contribution in [3.05, 3.63) is 35.4 Å². The van der Waals surface area contributed by atoms with Crippen molar-refractivity contribution < 1.29 is 49.7 Å². The van der Waals surface area contributed by atoms with Crippen molar-refractivity contribution >= 4 is 11.9 Å². The van der Waals surface area contributed by atoms with Gasteiger partial charge in [0.2, 0.25) is 0 Å². The molecule has 0 amide bonds. The van der Waals surface area contributed by atoms with Gasteiger partial charge in [0.1, 0.15) is 13.2 Å². The van der Waals surface area contributed by atoms with Crippen LogP contribution in [0.2, 0.25) is 0 Å². The van der Waals surface area contributed by atoms with Crippen molar-refractivity contribution in [2.24, 2.45) is 0 Å². The van der Waals surface area contributed by atoms with Crippen molar-refractivity contribution in [1.29, 1.82) is 0 Å². The summed E-state index contributed by atoms with van der Waals surface area (Å²) in [6, 6.07) is 3.52. The molecule has 10 nitrogen and oxygen atoms in total. The highest BCUT2D eigenvalue weighted by Gasteiger charge is 2.16. The van der Waals surface area contributed by atoms with Gasteiger partial charge in [-0.1, -0.05) is 0 Å². The predicted molar refractivity (Wildman–Crippen MR) is 83.4 cm³/mol. The molecular weight excluding hydrogens is 352 g/mol. The second kappa shape index (κ2) is 7.38. The second-order valence-corrected chi connectivity index (χ2v) is 5.00. The van der Waals surface area contributed by atoms with Crippen molar-refractivity contribution in [1.82, 2.24) is 0 Å². The number of benzene rings is 2. The molecule has 0 fully saturated rings. The van der Waals surface area contributed by atoms with Crippen molar-refractivity contribution in [3.63, 3.8) is 0 Å². The number of phenolic OH excluding ortho intramolecular Hbond substituents is 6. The van der Waals surface area contributed by atoms with Crippen LogP contribution in [0.15, 0.2) is 24.3 Å².